The fraction of sp³-hybridized carbons (Fsp3) is 0.538. The van der Waals surface area contributed by atoms with E-state index in [4.69, 9.17) is 5.84 Å². The van der Waals surface area contributed by atoms with E-state index in [1.165, 1.54) is 25.1 Å². The zero-order valence-electron chi connectivity index (χ0n) is 11.5. The molecule has 1 aromatic rings. The molecule has 0 saturated heterocycles. The maximum absolute atomic E-state index is 13.8. The molecule has 1 aromatic heterocycles. The summed E-state index contributed by atoms with van der Waals surface area (Å²) in [6.07, 6.45) is 3.80. The van der Waals surface area contributed by atoms with Gasteiger partial charge in [-0.3, -0.25) is 9.69 Å². The number of likely N-dealkylation sites (N-methyl/N-ethyl adjacent to an activating group) is 1. The zero-order chi connectivity index (χ0) is 14.5. The van der Waals surface area contributed by atoms with Gasteiger partial charge >= 0.3 is 0 Å². The number of carbonyl (C=O) groups is 1. The third kappa shape index (κ3) is 3.43. The second kappa shape index (κ2) is 6.62. The monoisotopic (exact) mass is 281 g/mol. The lowest BCUT2D eigenvalue weighted by molar-refractivity contribution is 0.0944. The van der Waals surface area contributed by atoms with Gasteiger partial charge in [-0.2, -0.15) is 0 Å². The summed E-state index contributed by atoms with van der Waals surface area (Å²) in [6, 6.07) is 1.99. The average molecular weight is 281 g/mol. The van der Waals surface area contributed by atoms with Crippen molar-refractivity contribution in [2.75, 3.05) is 25.1 Å². The zero-order valence-corrected chi connectivity index (χ0v) is 11.5. The maximum Gasteiger partial charge on any atom is 0.254 e. The molecule has 0 spiro atoms. The number of hydrazine groups is 1. The lowest BCUT2D eigenvalue weighted by atomic mass is 10.2. The summed E-state index contributed by atoms with van der Waals surface area (Å²) in [6.45, 7) is 4.34. The van der Waals surface area contributed by atoms with E-state index in [2.05, 4.69) is 27.6 Å². The number of aromatic nitrogens is 1. The van der Waals surface area contributed by atoms with E-state index in [0.29, 0.717) is 12.6 Å². The Morgan fingerprint density at radius 3 is 2.95 bits per heavy atom. The summed E-state index contributed by atoms with van der Waals surface area (Å²) < 4.78 is 13.8. The number of nitrogens with zero attached hydrogens (tertiary/aromatic N) is 2. The fourth-order valence-corrected chi connectivity index (χ4v) is 2.17. The van der Waals surface area contributed by atoms with Crippen LogP contribution in [0.2, 0.25) is 0 Å². The van der Waals surface area contributed by atoms with E-state index < -0.39 is 11.7 Å². The molecule has 2 rings (SSSR count). The summed E-state index contributed by atoms with van der Waals surface area (Å²) in [5, 5.41) is 2.72. The van der Waals surface area contributed by atoms with Crippen LogP contribution < -0.4 is 16.6 Å². The predicted octanol–water partition coefficient (Wildman–Crippen LogP) is 0.720. The number of anilines is 1. The van der Waals surface area contributed by atoms with Crippen LogP contribution in [-0.2, 0) is 0 Å². The molecule has 1 heterocycles. The Hall–Kier alpha value is -1.73. The van der Waals surface area contributed by atoms with Crippen LogP contribution in [0.3, 0.4) is 0 Å². The molecule has 1 saturated carbocycles. The van der Waals surface area contributed by atoms with E-state index >= 15 is 0 Å². The van der Waals surface area contributed by atoms with Crippen molar-refractivity contribution in [3.63, 3.8) is 0 Å². The predicted molar refractivity (Wildman–Crippen MR) is 74.6 cm³/mol. The average Bonchev–Trinajstić information content (AvgIpc) is 3.28. The number of pyridine rings is 1. The number of nitrogens with two attached hydrogens (primary N) is 1. The van der Waals surface area contributed by atoms with Crippen LogP contribution in [0.4, 0.5) is 10.2 Å². The molecule has 0 aliphatic heterocycles. The molecule has 6 nitrogen and oxygen atoms in total. The minimum atomic E-state index is -0.734. The van der Waals surface area contributed by atoms with Crippen LogP contribution in [0.5, 0.6) is 0 Å². The summed E-state index contributed by atoms with van der Waals surface area (Å²) in [7, 11) is 0. The van der Waals surface area contributed by atoms with Gasteiger partial charge in [0.2, 0.25) is 0 Å². The Balaban J connectivity index is 1.88. The number of carbonyl (C=O) groups excluding carboxylic acids is 1. The smallest absolute Gasteiger partial charge is 0.254 e. The van der Waals surface area contributed by atoms with E-state index in [1.54, 1.807) is 0 Å². The second-order valence-corrected chi connectivity index (χ2v) is 4.78. The molecule has 0 bridgehead atoms. The molecular formula is C13H20FN5O. The Morgan fingerprint density at radius 1 is 1.60 bits per heavy atom. The normalized spacial score (nSPS) is 14.4. The van der Waals surface area contributed by atoms with Crippen LogP contribution in [0, 0.1) is 5.82 Å². The van der Waals surface area contributed by atoms with Crippen molar-refractivity contribution in [2.24, 2.45) is 5.84 Å². The highest BCUT2D eigenvalue weighted by atomic mass is 19.1. The summed E-state index contributed by atoms with van der Waals surface area (Å²) >= 11 is 0. The lowest BCUT2D eigenvalue weighted by Crippen LogP contribution is -2.36. The van der Waals surface area contributed by atoms with Gasteiger partial charge in [0, 0.05) is 25.3 Å². The van der Waals surface area contributed by atoms with E-state index in [0.717, 1.165) is 13.1 Å². The first-order chi connectivity index (χ1) is 9.67. The van der Waals surface area contributed by atoms with Crippen molar-refractivity contribution in [3.05, 3.63) is 23.6 Å². The number of amides is 1. The van der Waals surface area contributed by atoms with E-state index in [9.17, 15) is 9.18 Å². The third-order valence-electron chi connectivity index (χ3n) is 3.42. The maximum atomic E-state index is 13.8. The molecule has 0 aromatic carbocycles. The van der Waals surface area contributed by atoms with Gasteiger partial charge in [-0.15, -0.1) is 0 Å². The molecule has 110 valence electrons. The van der Waals surface area contributed by atoms with Crippen LogP contribution in [-0.4, -0.2) is 41.5 Å². The van der Waals surface area contributed by atoms with E-state index in [-0.39, 0.29) is 11.4 Å². The highest BCUT2D eigenvalue weighted by Crippen LogP contribution is 2.25. The Morgan fingerprint density at radius 2 is 2.35 bits per heavy atom. The van der Waals surface area contributed by atoms with Crippen LogP contribution in [0.1, 0.15) is 30.1 Å². The quantitative estimate of drug-likeness (QED) is 0.507. The largest absolute Gasteiger partial charge is 0.351 e. The molecule has 1 aliphatic rings. The highest BCUT2D eigenvalue weighted by molar-refractivity contribution is 5.95. The molecular weight excluding hydrogens is 261 g/mol. The van der Waals surface area contributed by atoms with Gasteiger partial charge in [0.05, 0.1) is 5.56 Å². The Bertz CT molecular complexity index is 478. The van der Waals surface area contributed by atoms with Crippen LogP contribution >= 0.6 is 0 Å². The molecule has 0 unspecified atom stereocenters. The fourth-order valence-electron chi connectivity index (χ4n) is 2.17. The number of nitrogens with one attached hydrogen (secondary N) is 2. The number of hydrogen-bond donors (Lipinski definition) is 3. The number of halogens is 1. The second-order valence-electron chi connectivity index (χ2n) is 4.78. The van der Waals surface area contributed by atoms with Crippen molar-refractivity contribution in [1.29, 1.82) is 0 Å². The number of nitrogen functional groups attached to an aromatic ring is 1. The molecule has 20 heavy (non-hydrogen) atoms. The first-order valence-corrected chi connectivity index (χ1v) is 6.80. The van der Waals surface area contributed by atoms with Crippen molar-refractivity contribution in [3.8, 4) is 0 Å². The van der Waals surface area contributed by atoms with Crippen LogP contribution in [0.15, 0.2) is 12.3 Å². The third-order valence-corrected chi connectivity index (χ3v) is 3.42. The summed E-state index contributed by atoms with van der Waals surface area (Å²) in [5.74, 6) is 3.81. The Kier molecular flexibility index (Phi) is 4.86. The number of hydrogen-bond acceptors (Lipinski definition) is 5. The summed E-state index contributed by atoms with van der Waals surface area (Å²) in [5.41, 5.74) is 2.07. The number of rotatable bonds is 7. The topological polar surface area (TPSA) is 83.3 Å². The van der Waals surface area contributed by atoms with Gasteiger partial charge in [0.25, 0.3) is 5.91 Å². The molecule has 7 heteroatoms. The van der Waals surface area contributed by atoms with Crippen molar-refractivity contribution < 1.29 is 9.18 Å². The first-order valence-electron chi connectivity index (χ1n) is 6.80. The van der Waals surface area contributed by atoms with Gasteiger partial charge in [-0.05, 0) is 25.5 Å². The molecule has 0 atom stereocenters. The molecule has 1 fully saturated rings. The molecule has 4 N–H and O–H groups in total. The molecule has 1 aliphatic carbocycles. The molecule has 1 amide bonds. The molecule has 0 radical (unpaired) electrons. The minimum absolute atomic E-state index is 0.0533. The minimum Gasteiger partial charge on any atom is -0.351 e. The van der Waals surface area contributed by atoms with E-state index in [1.807, 2.05) is 0 Å². The summed E-state index contributed by atoms with van der Waals surface area (Å²) in [4.78, 5) is 17.9. The van der Waals surface area contributed by atoms with Crippen molar-refractivity contribution >= 4 is 11.7 Å². The van der Waals surface area contributed by atoms with Gasteiger partial charge in [-0.25, -0.2) is 15.2 Å². The van der Waals surface area contributed by atoms with Gasteiger partial charge in [0.15, 0.2) is 11.6 Å². The van der Waals surface area contributed by atoms with Gasteiger partial charge in [0.1, 0.15) is 0 Å². The highest BCUT2D eigenvalue weighted by Gasteiger charge is 2.27. The SMILES string of the molecule is CCN(CCNC(=O)c1ccnc(NN)c1F)C1CC1. The van der Waals surface area contributed by atoms with Crippen molar-refractivity contribution in [2.45, 2.75) is 25.8 Å². The van der Waals surface area contributed by atoms with Gasteiger partial charge in [-0.1, -0.05) is 6.92 Å². The van der Waals surface area contributed by atoms with Crippen molar-refractivity contribution in [1.82, 2.24) is 15.2 Å². The standard InChI is InChI=1S/C13H20FN5O/c1-2-19(9-3-4-9)8-7-17-13(20)10-5-6-16-12(18-15)11(10)14/h5-6,9H,2-4,7-8,15H2,1H3,(H,16,18)(H,17,20). The van der Waals surface area contributed by atoms with Gasteiger partial charge < -0.3 is 10.7 Å². The first kappa shape index (κ1) is 14.7. The Labute approximate surface area is 117 Å². The van der Waals surface area contributed by atoms with Crippen LogP contribution in [0.25, 0.3) is 0 Å². The lowest BCUT2D eigenvalue weighted by Gasteiger charge is -2.19.